The molecule has 0 bridgehead atoms. The fourth-order valence-electron chi connectivity index (χ4n) is 3.28. The van der Waals surface area contributed by atoms with Crippen LogP contribution in [0.2, 0.25) is 0 Å². The average Bonchev–Trinajstić information content (AvgIpc) is 3.04. The SMILES string of the molecule is COc1c(C2=C(C(C)(C)C)CC=C2)cccc1-c1ccccc1. The van der Waals surface area contributed by atoms with Crippen molar-refractivity contribution in [2.45, 2.75) is 27.2 Å². The van der Waals surface area contributed by atoms with Crippen molar-refractivity contribution in [1.29, 1.82) is 0 Å². The summed E-state index contributed by atoms with van der Waals surface area (Å²) in [6.07, 6.45) is 5.52. The summed E-state index contributed by atoms with van der Waals surface area (Å²) in [7, 11) is 1.77. The molecule has 0 saturated carbocycles. The number of hydrogen-bond donors (Lipinski definition) is 0. The highest BCUT2D eigenvalue weighted by Gasteiger charge is 2.25. The molecule has 0 atom stereocenters. The molecule has 0 aliphatic heterocycles. The highest BCUT2D eigenvalue weighted by Crippen LogP contribution is 2.44. The topological polar surface area (TPSA) is 9.23 Å². The zero-order valence-electron chi connectivity index (χ0n) is 14.4. The summed E-state index contributed by atoms with van der Waals surface area (Å²) in [4.78, 5) is 0. The molecule has 0 spiro atoms. The van der Waals surface area contributed by atoms with E-state index in [-0.39, 0.29) is 5.41 Å². The van der Waals surface area contributed by atoms with Crippen LogP contribution in [-0.2, 0) is 0 Å². The van der Waals surface area contributed by atoms with Crippen molar-refractivity contribution < 1.29 is 4.74 Å². The van der Waals surface area contributed by atoms with E-state index in [1.807, 2.05) is 6.07 Å². The van der Waals surface area contributed by atoms with E-state index in [9.17, 15) is 0 Å². The van der Waals surface area contributed by atoms with Gasteiger partial charge in [0.05, 0.1) is 7.11 Å². The number of para-hydroxylation sites is 1. The van der Waals surface area contributed by atoms with Crippen LogP contribution in [-0.4, -0.2) is 7.11 Å². The smallest absolute Gasteiger partial charge is 0.134 e. The van der Waals surface area contributed by atoms with E-state index in [1.165, 1.54) is 22.3 Å². The van der Waals surface area contributed by atoms with Crippen molar-refractivity contribution >= 4 is 5.57 Å². The maximum atomic E-state index is 5.84. The van der Waals surface area contributed by atoms with Gasteiger partial charge in [0.25, 0.3) is 0 Å². The third-order valence-corrected chi connectivity index (χ3v) is 4.43. The predicted molar refractivity (Wildman–Crippen MR) is 98.6 cm³/mol. The first kappa shape index (κ1) is 15.6. The van der Waals surface area contributed by atoms with Crippen molar-refractivity contribution in [2.75, 3.05) is 7.11 Å². The zero-order chi connectivity index (χ0) is 16.4. The number of rotatable bonds is 3. The minimum atomic E-state index is 0.159. The molecule has 0 N–H and O–H groups in total. The minimum Gasteiger partial charge on any atom is -0.495 e. The lowest BCUT2D eigenvalue weighted by Crippen LogP contribution is -2.09. The van der Waals surface area contributed by atoms with E-state index >= 15 is 0 Å². The second-order valence-corrected chi connectivity index (χ2v) is 7.00. The molecule has 0 fully saturated rings. The van der Waals surface area contributed by atoms with Gasteiger partial charge < -0.3 is 4.74 Å². The van der Waals surface area contributed by atoms with Crippen molar-refractivity contribution in [3.05, 3.63) is 71.8 Å². The first-order valence-electron chi connectivity index (χ1n) is 8.15. The Morgan fingerprint density at radius 3 is 2.22 bits per heavy atom. The number of benzene rings is 2. The standard InChI is InChI=1S/C22H24O/c1-22(2,3)20-15-9-13-18(20)19-14-8-12-17(21(19)23-4)16-10-6-5-7-11-16/h5-14H,15H2,1-4H3. The van der Waals surface area contributed by atoms with Gasteiger partial charge in [-0.15, -0.1) is 0 Å². The Labute approximate surface area is 139 Å². The fourth-order valence-corrected chi connectivity index (χ4v) is 3.28. The third kappa shape index (κ3) is 2.96. The first-order valence-corrected chi connectivity index (χ1v) is 8.15. The largest absolute Gasteiger partial charge is 0.495 e. The molecule has 3 rings (SSSR count). The second kappa shape index (κ2) is 6.08. The zero-order valence-corrected chi connectivity index (χ0v) is 14.4. The molecule has 2 aromatic carbocycles. The lowest BCUT2D eigenvalue weighted by molar-refractivity contribution is 0.415. The second-order valence-electron chi connectivity index (χ2n) is 7.00. The van der Waals surface area contributed by atoms with Crippen LogP contribution in [0.4, 0.5) is 0 Å². The van der Waals surface area contributed by atoms with E-state index < -0.39 is 0 Å². The Hall–Kier alpha value is -2.28. The number of methoxy groups -OCH3 is 1. The van der Waals surface area contributed by atoms with Crippen LogP contribution in [0.3, 0.4) is 0 Å². The van der Waals surface area contributed by atoms with Gasteiger partial charge in [-0.05, 0) is 23.0 Å². The van der Waals surface area contributed by atoms with E-state index in [1.54, 1.807) is 7.11 Å². The number of ether oxygens (including phenoxy) is 1. The summed E-state index contributed by atoms with van der Waals surface area (Å²) < 4.78 is 5.84. The van der Waals surface area contributed by atoms with Crippen LogP contribution < -0.4 is 4.74 Å². The Bertz CT molecular complexity index is 758. The minimum absolute atomic E-state index is 0.159. The Balaban J connectivity index is 2.20. The Morgan fingerprint density at radius 1 is 0.870 bits per heavy atom. The normalized spacial score (nSPS) is 14.4. The summed E-state index contributed by atoms with van der Waals surface area (Å²) in [5, 5.41) is 0. The summed E-state index contributed by atoms with van der Waals surface area (Å²) in [6.45, 7) is 6.84. The van der Waals surface area contributed by atoms with E-state index in [0.29, 0.717) is 0 Å². The van der Waals surface area contributed by atoms with Crippen LogP contribution >= 0.6 is 0 Å². The number of hydrogen-bond acceptors (Lipinski definition) is 1. The molecule has 23 heavy (non-hydrogen) atoms. The maximum absolute atomic E-state index is 5.84. The molecule has 0 aromatic heterocycles. The van der Waals surface area contributed by atoms with Gasteiger partial charge in [0, 0.05) is 11.1 Å². The molecule has 1 aliphatic rings. The van der Waals surface area contributed by atoms with Gasteiger partial charge in [-0.3, -0.25) is 0 Å². The lowest BCUT2D eigenvalue weighted by Gasteiger charge is -2.24. The highest BCUT2D eigenvalue weighted by molar-refractivity contribution is 5.87. The monoisotopic (exact) mass is 304 g/mol. The average molecular weight is 304 g/mol. The van der Waals surface area contributed by atoms with Gasteiger partial charge >= 0.3 is 0 Å². The molecule has 0 radical (unpaired) electrons. The van der Waals surface area contributed by atoms with Crippen LogP contribution in [0.1, 0.15) is 32.8 Å². The molecule has 0 heterocycles. The molecular formula is C22H24O. The van der Waals surface area contributed by atoms with E-state index in [2.05, 4.69) is 75.4 Å². The highest BCUT2D eigenvalue weighted by atomic mass is 16.5. The summed E-state index contributed by atoms with van der Waals surface area (Å²) in [6, 6.07) is 16.9. The summed E-state index contributed by atoms with van der Waals surface area (Å²) in [5.74, 6) is 0.960. The van der Waals surface area contributed by atoms with E-state index in [0.717, 1.165) is 17.7 Å². The quantitative estimate of drug-likeness (QED) is 0.663. The lowest BCUT2D eigenvalue weighted by atomic mass is 9.81. The van der Waals surface area contributed by atoms with Gasteiger partial charge in [0.15, 0.2) is 0 Å². The van der Waals surface area contributed by atoms with Crippen molar-refractivity contribution in [1.82, 2.24) is 0 Å². The van der Waals surface area contributed by atoms with Gasteiger partial charge in [-0.25, -0.2) is 0 Å². The molecule has 0 saturated heterocycles. The van der Waals surface area contributed by atoms with Crippen LogP contribution in [0, 0.1) is 5.41 Å². The third-order valence-electron chi connectivity index (χ3n) is 4.43. The summed E-state index contributed by atoms with van der Waals surface area (Å²) >= 11 is 0. The predicted octanol–water partition coefficient (Wildman–Crippen LogP) is 6.12. The molecule has 0 amide bonds. The van der Waals surface area contributed by atoms with Crippen LogP contribution in [0.15, 0.2) is 66.3 Å². The van der Waals surface area contributed by atoms with Gasteiger partial charge in [0.2, 0.25) is 0 Å². The Morgan fingerprint density at radius 2 is 1.57 bits per heavy atom. The molecule has 0 unspecified atom stereocenters. The van der Waals surface area contributed by atoms with E-state index in [4.69, 9.17) is 4.74 Å². The number of allylic oxidation sites excluding steroid dienone is 4. The van der Waals surface area contributed by atoms with Crippen LogP contribution in [0.5, 0.6) is 5.75 Å². The van der Waals surface area contributed by atoms with Gasteiger partial charge in [-0.1, -0.05) is 87.0 Å². The Kier molecular flexibility index (Phi) is 4.12. The molecule has 2 aromatic rings. The van der Waals surface area contributed by atoms with Crippen molar-refractivity contribution in [3.63, 3.8) is 0 Å². The molecule has 1 aliphatic carbocycles. The van der Waals surface area contributed by atoms with Crippen LogP contribution in [0.25, 0.3) is 16.7 Å². The molecule has 118 valence electrons. The molecule has 1 nitrogen and oxygen atoms in total. The molecule has 1 heteroatoms. The van der Waals surface area contributed by atoms with Gasteiger partial charge in [0.1, 0.15) is 5.75 Å². The van der Waals surface area contributed by atoms with Crippen molar-refractivity contribution in [3.8, 4) is 16.9 Å². The maximum Gasteiger partial charge on any atom is 0.134 e. The molecular weight excluding hydrogens is 280 g/mol. The fraction of sp³-hybridized carbons (Fsp3) is 0.273. The van der Waals surface area contributed by atoms with Gasteiger partial charge in [-0.2, -0.15) is 0 Å². The first-order chi connectivity index (χ1) is 11.0. The van der Waals surface area contributed by atoms with Crippen molar-refractivity contribution in [2.24, 2.45) is 5.41 Å². The summed E-state index contributed by atoms with van der Waals surface area (Å²) in [5.41, 5.74) is 6.46.